The predicted octanol–water partition coefficient (Wildman–Crippen LogP) is 3.66. The molecule has 1 aromatic rings. The van der Waals surface area contributed by atoms with Gasteiger partial charge in [0.1, 0.15) is 0 Å². The fourth-order valence-electron chi connectivity index (χ4n) is 4.22. The average molecular weight is 417 g/mol. The third kappa shape index (κ3) is 6.44. The Morgan fingerprint density at radius 2 is 1.86 bits per heavy atom. The van der Waals surface area contributed by atoms with E-state index in [0.717, 1.165) is 44.7 Å². The number of nitrogens with zero attached hydrogens (tertiary/aromatic N) is 3. The summed E-state index contributed by atoms with van der Waals surface area (Å²) in [7, 11) is 2.21. The average Bonchev–Trinajstić information content (AvgIpc) is 3.15. The number of aliphatic carboxylic acids is 1. The number of aromatic nitrogens is 2. The SMILES string of the molecule is CN1Cc2cnn(CC3CCCC3)c2C(COCC2CC2)C1.O=C(O)C(F)(F)F. The van der Waals surface area contributed by atoms with E-state index in [9.17, 15) is 13.2 Å². The van der Waals surface area contributed by atoms with Crippen LogP contribution in [-0.2, 0) is 22.6 Å². The number of hydrogen-bond acceptors (Lipinski definition) is 4. The fraction of sp³-hybridized carbons (Fsp3) is 0.800. The van der Waals surface area contributed by atoms with Crippen LogP contribution in [0.1, 0.15) is 55.7 Å². The van der Waals surface area contributed by atoms with Crippen LogP contribution in [-0.4, -0.2) is 58.7 Å². The molecule has 1 aliphatic heterocycles. The summed E-state index contributed by atoms with van der Waals surface area (Å²) in [6, 6.07) is 0. The normalized spacial score (nSPS) is 22.8. The van der Waals surface area contributed by atoms with E-state index in [1.54, 1.807) is 0 Å². The summed E-state index contributed by atoms with van der Waals surface area (Å²) < 4.78 is 40.1. The minimum atomic E-state index is -5.08. The second-order valence-corrected chi connectivity index (χ2v) is 8.57. The molecular weight excluding hydrogens is 387 g/mol. The van der Waals surface area contributed by atoms with Crippen LogP contribution < -0.4 is 0 Å². The van der Waals surface area contributed by atoms with Crippen LogP contribution in [0.15, 0.2) is 6.20 Å². The summed E-state index contributed by atoms with van der Waals surface area (Å²) in [4.78, 5) is 11.3. The van der Waals surface area contributed by atoms with Crippen molar-refractivity contribution in [1.82, 2.24) is 14.7 Å². The monoisotopic (exact) mass is 417 g/mol. The highest BCUT2D eigenvalue weighted by Gasteiger charge is 2.38. The summed E-state index contributed by atoms with van der Waals surface area (Å²) in [6.07, 6.45) is 5.35. The van der Waals surface area contributed by atoms with Gasteiger partial charge in [0.25, 0.3) is 0 Å². The third-order valence-corrected chi connectivity index (χ3v) is 5.84. The maximum atomic E-state index is 10.6. The minimum Gasteiger partial charge on any atom is -0.475 e. The molecule has 0 bridgehead atoms. The van der Waals surface area contributed by atoms with Crippen LogP contribution in [0.25, 0.3) is 0 Å². The van der Waals surface area contributed by atoms with Crippen molar-refractivity contribution in [3.63, 3.8) is 0 Å². The van der Waals surface area contributed by atoms with E-state index in [2.05, 4.69) is 22.8 Å². The fourth-order valence-corrected chi connectivity index (χ4v) is 4.22. The van der Waals surface area contributed by atoms with Gasteiger partial charge in [0, 0.05) is 43.4 Å². The van der Waals surface area contributed by atoms with E-state index in [1.165, 1.54) is 49.8 Å². The molecule has 0 aromatic carbocycles. The van der Waals surface area contributed by atoms with Crippen molar-refractivity contribution < 1.29 is 27.8 Å². The summed E-state index contributed by atoms with van der Waals surface area (Å²) in [5.74, 6) is -0.565. The first-order valence-corrected chi connectivity index (χ1v) is 10.3. The van der Waals surface area contributed by atoms with Gasteiger partial charge in [0.2, 0.25) is 0 Å². The topological polar surface area (TPSA) is 67.6 Å². The van der Waals surface area contributed by atoms with Gasteiger partial charge in [0.05, 0.1) is 12.8 Å². The Bertz CT molecular complexity index is 682. The smallest absolute Gasteiger partial charge is 0.475 e. The molecule has 1 unspecified atom stereocenters. The van der Waals surface area contributed by atoms with Gasteiger partial charge in [-0.2, -0.15) is 18.3 Å². The van der Waals surface area contributed by atoms with E-state index >= 15 is 0 Å². The molecule has 0 radical (unpaired) electrons. The quantitative estimate of drug-likeness (QED) is 0.765. The molecule has 1 N–H and O–H groups in total. The van der Waals surface area contributed by atoms with Crippen molar-refractivity contribution in [3.8, 4) is 0 Å². The maximum absolute atomic E-state index is 10.6. The van der Waals surface area contributed by atoms with Crippen LogP contribution in [0.2, 0.25) is 0 Å². The Morgan fingerprint density at radius 1 is 1.21 bits per heavy atom. The second kappa shape index (κ2) is 9.47. The van der Waals surface area contributed by atoms with Crippen LogP contribution in [0.4, 0.5) is 13.2 Å². The van der Waals surface area contributed by atoms with Gasteiger partial charge in [-0.05, 0) is 44.6 Å². The second-order valence-electron chi connectivity index (χ2n) is 8.57. The molecule has 2 saturated carbocycles. The molecule has 6 nitrogen and oxygen atoms in total. The van der Waals surface area contributed by atoms with Gasteiger partial charge in [0.15, 0.2) is 0 Å². The number of rotatable bonds is 6. The molecule has 4 rings (SSSR count). The van der Waals surface area contributed by atoms with Crippen LogP contribution >= 0.6 is 0 Å². The van der Waals surface area contributed by atoms with E-state index < -0.39 is 12.1 Å². The van der Waals surface area contributed by atoms with Crippen molar-refractivity contribution in [2.24, 2.45) is 11.8 Å². The van der Waals surface area contributed by atoms with Crippen molar-refractivity contribution >= 4 is 5.97 Å². The molecule has 2 aliphatic carbocycles. The van der Waals surface area contributed by atoms with Crippen LogP contribution in [0.5, 0.6) is 0 Å². The standard InChI is InChI=1S/C18H29N3O.C2HF3O2/c1-20-10-16-8-19-21(9-14-4-2-3-5-14)18(16)17(11-20)13-22-12-15-6-7-15;3-2(4,5)1(6)7/h8,14-15,17H,2-7,9-13H2,1H3;(H,6,7). The van der Waals surface area contributed by atoms with Gasteiger partial charge in [-0.3, -0.25) is 4.68 Å². The van der Waals surface area contributed by atoms with Crippen LogP contribution in [0, 0.1) is 11.8 Å². The minimum absolute atomic E-state index is 0.497. The number of alkyl halides is 3. The Morgan fingerprint density at radius 3 is 2.45 bits per heavy atom. The van der Waals surface area contributed by atoms with E-state index in [1.807, 2.05) is 0 Å². The molecule has 2 heterocycles. The first kappa shape index (κ1) is 22.1. The predicted molar refractivity (Wildman–Crippen MR) is 100 cm³/mol. The van der Waals surface area contributed by atoms with Crippen LogP contribution in [0.3, 0.4) is 0 Å². The molecule has 2 fully saturated rings. The zero-order chi connectivity index (χ0) is 21.0. The highest BCUT2D eigenvalue weighted by atomic mass is 19.4. The summed E-state index contributed by atoms with van der Waals surface area (Å²) >= 11 is 0. The van der Waals surface area contributed by atoms with Gasteiger partial charge < -0.3 is 14.7 Å². The number of fused-ring (bicyclic) bond motifs is 1. The van der Waals surface area contributed by atoms with Gasteiger partial charge >= 0.3 is 12.1 Å². The number of hydrogen-bond donors (Lipinski definition) is 1. The maximum Gasteiger partial charge on any atom is 0.490 e. The zero-order valence-corrected chi connectivity index (χ0v) is 16.8. The molecule has 1 atom stereocenters. The number of carboxylic acids is 1. The largest absolute Gasteiger partial charge is 0.490 e. The molecule has 0 amide bonds. The molecule has 164 valence electrons. The summed E-state index contributed by atoms with van der Waals surface area (Å²) in [5.41, 5.74) is 2.90. The van der Waals surface area contributed by atoms with Gasteiger partial charge in [-0.25, -0.2) is 4.79 Å². The summed E-state index contributed by atoms with van der Waals surface area (Å²) in [5, 5.41) is 11.9. The Balaban J connectivity index is 0.000000298. The van der Waals surface area contributed by atoms with Gasteiger partial charge in [-0.1, -0.05) is 12.8 Å². The molecule has 0 saturated heterocycles. The lowest BCUT2D eigenvalue weighted by Crippen LogP contribution is -2.34. The highest BCUT2D eigenvalue weighted by Crippen LogP contribution is 2.33. The number of ether oxygens (including phenoxy) is 1. The molecule has 1 aromatic heterocycles. The first-order chi connectivity index (χ1) is 13.7. The zero-order valence-electron chi connectivity index (χ0n) is 16.8. The van der Waals surface area contributed by atoms with E-state index in [0.29, 0.717) is 5.92 Å². The van der Waals surface area contributed by atoms with Gasteiger partial charge in [-0.15, -0.1) is 0 Å². The molecule has 9 heteroatoms. The lowest BCUT2D eigenvalue weighted by atomic mass is 9.97. The Labute approximate surface area is 169 Å². The van der Waals surface area contributed by atoms with E-state index in [4.69, 9.17) is 19.7 Å². The molecular formula is C20H30F3N3O3. The Kier molecular flexibility index (Phi) is 7.21. The number of halogens is 3. The summed E-state index contributed by atoms with van der Waals surface area (Å²) in [6.45, 7) is 5.10. The number of carbonyl (C=O) groups is 1. The number of likely N-dealkylation sites (N-methyl/N-ethyl adjacent to an activating group) is 1. The lowest BCUT2D eigenvalue weighted by Gasteiger charge is -2.31. The third-order valence-electron chi connectivity index (χ3n) is 5.84. The molecule has 3 aliphatic rings. The molecule has 29 heavy (non-hydrogen) atoms. The van der Waals surface area contributed by atoms with Crippen molar-refractivity contribution in [2.45, 2.75) is 63.7 Å². The van der Waals surface area contributed by atoms with E-state index in [-0.39, 0.29) is 0 Å². The number of carboxylic acid groups (broad SMARTS) is 1. The Hall–Kier alpha value is -1.61. The molecule has 0 spiro atoms. The highest BCUT2D eigenvalue weighted by molar-refractivity contribution is 5.73. The lowest BCUT2D eigenvalue weighted by molar-refractivity contribution is -0.192. The van der Waals surface area contributed by atoms with Crippen molar-refractivity contribution in [1.29, 1.82) is 0 Å². The van der Waals surface area contributed by atoms with Crippen molar-refractivity contribution in [3.05, 3.63) is 17.5 Å². The first-order valence-electron chi connectivity index (χ1n) is 10.3. The van der Waals surface area contributed by atoms with Crippen molar-refractivity contribution in [2.75, 3.05) is 26.8 Å².